The first-order chi connectivity index (χ1) is 9.91. The molecular weight excluding hydrogens is 317 g/mol. The van der Waals surface area contributed by atoms with Crippen molar-refractivity contribution < 1.29 is 14.5 Å². The number of fused-ring (bicyclic) bond motifs is 2. The standard InChI is InChI=1S/C14H5Cl2NO4/c15-9-3-1-2-7-11(9)14(19)12-8(13(7)18)4-6(17(20)21)5-10(12)16/h1-5H. The molecule has 0 fully saturated rings. The van der Waals surface area contributed by atoms with E-state index in [4.69, 9.17) is 23.2 Å². The Labute approximate surface area is 128 Å². The van der Waals surface area contributed by atoms with E-state index in [9.17, 15) is 19.7 Å². The van der Waals surface area contributed by atoms with Crippen molar-refractivity contribution in [1.29, 1.82) is 0 Å². The first kappa shape index (κ1) is 13.7. The van der Waals surface area contributed by atoms with Gasteiger partial charge in [-0.2, -0.15) is 0 Å². The topological polar surface area (TPSA) is 77.3 Å². The smallest absolute Gasteiger partial charge is 0.271 e. The van der Waals surface area contributed by atoms with Gasteiger partial charge in [-0.3, -0.25) is 19.7 Å². The Bertz CT molecular complexity index is 845. The summed E-state index contributed by atoms with van der Waals surface area (Å²) in [4.78, 5) is 35.1. The van der Waals surface area contributed by atoms with Gasteiger partial charge in [0.15, 0.2) is 11.6 Å². The second-order valence-corrected chi connectivity index (χ2v) is 5.24. The van der Waals surface area contributed by atoms with Crippen molar-refractivity contribution in [1.82, 2.24) is 0 Å². The minimum Gasteiger partial charge on any atom is -0.289 e. The van der Waals surface area contributed by atoms with Gasteiger partial charge in [0.1, 0.15) is 0 Å². The maximum atomic E-state index is 12.5. The third-order valence-electron chi connectivity index (χ3n) is 3.24. The van der Waals surface area contributed by atoms with Gasteiger partial charge in [-0.05, 0) is 6.07 Å². The molecule has 0 N–H and O–H groups in total. The lowest BCUT2D eigenvalue weighted by molar-refractivity contribution is -0.384. The molecule has 0 heterocycles. The zero-order valence-corrected chi connectivity index (χ0v) is 11.7. The van der Waals surface area contributed by atoms with E-state index >= 15 is 0 Å². The third kappa shape index (κ3) is 1.93. The number of ketones is 2. The molecule has 2 aromatic carbocycles. The van der Waals surface area contributed by atoms with E-state index in [0.717, 1.165) is 12.1 Å². The van der Waals surface area contributed by atoms with E-state index in [1.807, 2.05) is 0 Å². The monoisotopic (exact) mass is 321 g/mol. The molecule has 1 aliphatic rings. The molecule has 5 nitrogen and oxygen atoms in total. The molecule has 0 spiro atoms. The minimum atomic E-state index is -0.669. The number of nitrogens with zero attached hydrogens (tertiary/aromatic N) is 1. The van der Waals surface area contributed by atoms with Gasteiger partial charge in [-0.25, -0.2) is 0 Å². The van der Waals surface area contributed by atoms with Crippen molar-refractivity contribution in [3.8, 4) is 0 Å². The van der Waals surface area contributed by atoms with Crippen molar-refractivity contribution in [2.24, 2.45) is 0 Å². The van der Waals surface area contributed by atoms with E-state index in [-0.39, 0.29) is 38.0 Å². The normalized spacial score (nSPS) is 12.9. The molecule has 0 atom stereocenters. The predicted molar refractivity (Wildman–Crippen MR) is 76.4 cm³/mol. The van der Waals surface area contributed by atoms with Crippen LogP contribution in [0.1, 0.15) is 31.8 Å². The molecule has 0 aliphatic heterocycles. The van der Waals surface area contributed by atoms with Crippen LogP contribution in [-0.4, -0.2) is 16.5 Å². The molecule has 1 aliphatic carbocycles. The Morgan fingerprint density at radius 3 is 2.24 bits per heavy atom. The maximum Gasteiger partial charge on any atom is 0.271 e. The van der Waals surface area contributed by atoms with Crippen LogP contribution in [0.3, 0.4) is 0 Å². The highest BCUT2D eigenvalue weighted by molar-refractivity contribution is 6.43. The molecule has 7 heteroatoms. The fraction of sp³-hybridized carbons (Fsp3) is 0. The van der Waals surface area contributed by atoms with Gasteiger partial charge in [0.25, 0.3) is 5.69 Å². The van der Waals surface area contributed by atoms with Gasteiger partial charge in [0, 0.05) is 23.3 Å². The Morgan fingerprint density at radius 2 is 1.57 bits per heavy atom. The summed E-state index contributed by atoms with van der Waals surface area (Å²) in [6.45, 7) is 0. The van der Waals surface area contributed by atoms with Crippen LogP contribution in [0.15, 0.2) is 30.3 Å². The number of carbonyl (C=O) groups excluding carboxylic acids is 2. The number of rotatable bonds is 1. The number of hydrogen-bond donors (Lipinski definition) is 0. The fourth-order valence-corrected chi connectivity index (χ4v) is 2.88. The van der Waals surface area contributed by atoms with Crippen LogP contribution in [0.4, 0.5) is 5.69 Å². The molecule has 0 aromatic heterocycles. The maximum absolute atomic E-state index is 12.5. The van der Waals surface area contributed by atoms with E-state index in [1.54, 1.807) is 0 Å². The highest BCUT2D eigenvalue weighted by atomic mass is 35.5. The zero-order valence-electron chi connectivity index (χ0n) is 10.2. The third-order valence-corrected chi connectivity index (χ3v) is 3.86. The second kappa shape index (κ2) is 4.65. The first-order valence-electron chi connectivity index (χ1n) is 5.77. The molecule has 2 aromatic rings. The van der Waals surface area contributed by atoms with Crippen molar-refractivity contribution in [3.05, 3.63) is 72.7 Å². The van der Waals surface area contributed by atoms with Crippen LogP contribution in [0, 0.1) is 10.1 Å². The summed E-state index contributed by atoms with van der Waals surface area (Å²) in [5.74, 6) is -1.02. The highest BCUT2D eigenvalue weighted by Crippen LogP contribution is 2.37. The van der Waals surface area contributed by atoms with E-state index < -0.39 is 16.5 Å². The average Bonchev–Trinajstić information content (AvgIpc) is 2.43. The lowest BCUT2D eigenvalue weighted by Crippen LogP contribution is -2.22. The van der Waals surface area contributed by atoms with Crippen LogP contribution >= 0.6 is 23.2 Å². The summed E-state index contributed by atoms with van der Waals surface area (Å²) in [7, 11) is 0. The molecule has 0 radical (unpaired) electrons. The van der Waals surface area contributed by atoms with E-state index in [1.165, 1.54) is 18.2 Å². The number of non-ortho nitro benzene ring substituents is 1. The van der Waals surface area contributed by atoms with Crippen LogP contribution in [0.25, 0.3) is 0 Å². The van der Waals surface area contributed by atoms with Crippen LogP contribution < -0.4 is 0 Å². The molecule has 0 bridgehead atoms. The van der Waals surface area contributed by atoms with Crippen molar-refractivity contribution >= 4 is 40.5 Å². The van der Waals surface area contributed by atoms with E-state index in [0.29, 0.717) is 0 Å². The Morgan fingerprint density at radius 1 is 0.905 bits per heavy atom. The molecular formula is C14H5Cl2NO4. The molecule has 0 saturated heterocycles. The SMILES string of the molecule is O=C1c2cccc(Cl)c2C(=O)c2c(Cl)cc([N+](=O)[O-])cc21. The molecule has 3 rings (SSSR count). The number of halogens is 2. The van der Waals surface area contributed by atoms with Crippen LogP contribution in [-0.2, 0) is 0 Å². The summed E-state index contributed by atoms with van der Waals surface area (Å²) in [5.41, 5.74) is -0.267. The van der Waals surface area contributed by atoms with Crippen LogP contribution in [0.5, 0.6) is 0 Å². The number of nitro groups is 1. The molecule has 0 unspecified atom stereocenters. The largest absolute Gasteiger partial charge is 0.289 e. The lowest BCUT2D eigenvalue weighted by Gasteiger charge is -2.19. The van der Waals surface area contributed by atoms with E-state index in [2.05, 4.69) is 0 Å². The summed E-state index contributed by atoms with van der Waals surface area (Å²) < 4.78 is 0. The number of nitro benzene ring substituents is 1. The minimum absolute atomic E-state index is 0.0483. The Balaban J connectivity index is 2.36. The summed E-state index contributed by atoms with van der Waals surface area (Å²) in [5, 5.41) is 10.9. The van der Waals surface area contributed by atoms with Crippen LogP contribution in [0.2, 0.25) is 10.0 Å². The lowest BCUT2D eigenvalue weighted by atomic mass is 9.84. The van der Waals surface area contributed by atoms with Gasteiger partial charge in [-0.1, -0.05) is 35.3 Å². The van der Waals surface area contributed by atoms with Gasteiger partial charge < -0.3 is 0 Å². The number of carbonyl (C=O) groups is 2. The molecule has 0 saturated carbocycles. The summed E-state index contributed by atoms with van der Waals surface area (Å²) in [6.07, 6.45) is 0. The second-order valence-electron chi connectivity index (χ2n) is 4.43. The van der Waals surface area contributed by atoms with Gasteiger partial charge in [0.05, 0.1) is 26.1 Å². The van der Waals surface area contributed by atoms with Gasteiger partial charge in [0.2, 0.25) is 0 Å². The Hall–Kier alpha value is -2.24. The van der Waals surface area contributed by atoms with Crippen molar-refractivity contribution in [2.75, 3.05) is 0 Å². The fourth-order valence-electron chi connectivity index (χ4n) is 2.32. The average molecular weight is 322 g/mol. The number of benzene rings is 2. The first-order valence-corrected chi connectivity index (χ1v) is 6.53. The zero-order chi connectivity index (χ0) is 15.3. The van der Waals surface area contributed by atoms with Crippen molar-refractivity contribution in [3.63, 3.8) is 0 Å². The van der Waals surface area contributed by atoms with Gasteiger partial charge in [-0.15, -0.1) is 0 Å². The number of hydrogen-bond acceptors (Lipinski definition) is 4. The molecule has 0 amide bonds. The molecule has 21 heavy (non-hydrogen) atoms. The predicted octanol–water partition coefficient (Wildman–Crippen LogP) is 3.68. The summed E-state index contributed by atoms with van der Waals surface area (Å²) >= 11 is 11.9. The quantitative estimate of drug-likeness (QED) is 0.506. The van der Waals surface area contributed by atoms with Crippen molar-refractivity contribution in [2.45, 2.75) is 0 Å². The molecule has 104 valence electrons. The highest BCUT2D eigenvalue weighted by Gasteiger charge is 2.34. The summed E-state index contributed by atoms with van der Waals surface area (Å²) in [6, 6.07) is 6.60. The van der Waals surface area contributed by atoms with Gasteiger partial charge >= 0.3 is 0 Å². The Kier molecular flexibility index (Phi) is 3.04.